The number of oxime groups is 2. The van der Waals surface area contributed by atoms with Gasteiger partial charge in [-0.2, -0.15) is 0 Å². The molecule has 0 aliphatic rings. The van der Waals surface area contributed by atoms with E-state index in [1.165, 1.54) is 14.2 Å². The van der Waals surface area contributed by atoms with Crippen LogP contribution in [0.25, 0.3) is 0 Å². The Morgan fingerprint density at radius 1 is 1.16 bits per heavy atom. The zero-order chi connectivity index (χ0) is 14.1. The maximum Gasteiger partial charge on any atom is 0.148 e. The first-order valence-corrected chi connectivity index (χ1v) is 5.59. The van der Waals surface area contributed by atoms with E-state index in [4.69, 9.17) is 20.8 Å². The van der Waals surface area contributed by atoms with Crippen LogP contribution in [0.5, 0.6) is 5.75 Å². The third-order valence-electron chi connectivity index (χ3n) is 2.20. The Labute approximate surface area is 112 Å². The van der Waals surface area contributed by atoms with Gasteiger partial charge in [0.05, 0.1) is 0 Å². The van der Waals surface area contributed by atoms with E-state index in [-0.39, 0.29) is 6.61 Å². The van der Waals surface area contributed by atoms with Gasteiger partial charge in [-0.05, 0) is 31.2 Å². The number of terminal acetylenes is 1. The first-order valence-electron chi connectivity index (χ1n) is 5.59. The van der Waals surface area contributed by atoms with Crippen LogP contribution in [0.2, 0.25) is 0 Å². The number of benzene rings is 1. The smallest absolute Gasteiger partial charge is 0.148 e. The molecule has 19 heavy (non-hydrogen) atoms. The molecule has 0 aromatic heterocycles. The van der Waals surface area contributed by atoms with E-state index >= 15 is 0 Å². The third kappa shape index (κ3) is 4.36. The van der Waals surface area contributed by atoms with Crippen LogP contribution in [0.3, 0.4) is 0 Å². The highest BCUT2D eigenvalue weighted by atomic mass is 16.6. The van der Waals surface area contributed by atoms with Gasteiger partial charge >= 0.3 is 0 Å². The van der Waals surface area contributed by atoms with Crippen molar-refractivity contribution in [2.24, 2.45) is 10.3 Å². The van der Waals surface area contributed by atoms with Crippen molar-refractivity contribution in [2.45, 2.75) is 6.92 Å². The molecule has 1 aromatic rings. The second-order valence-electron chi connectivity index (χ2n) is 3.50. The summed E-state index contributed by atoms with van der Waals surface area (Å²) in [6.45, 7) is 2.02. The number of ether oxygens (including phenoxy) is 1. The Balaban J connectivity index is 2.96. The fourth-order valence-corrected chi connectivity index (χ4v) is 1.43. The first-order chi connectivity index (χ1) is 9.22. The maximum absolute atomic E-state index is 5.30. The molecular weight excluding hydrogens is 244 g/mol. The molecule has 0 saturated carbocycles. The van der Waals surface area contributed by atoms with Crippen molar-refractivity contribution >= 4 is 11.4 Å². The van der Waals surface area contributed by atoms with E-state index in [1.54, 1.807) is 19.1 Å². The average Bonchev–Trinajstić information content (AvgIpc) is 2.43. The highest BCUT2D eigenvalue weighted by Crippen LogP contribution is 2.13. The average molecular weight is 260 g/mol. The van der Waals surface area contributed by atoms with Crippen LogP contribution in [0.15, 0.2) is 34.6 Å². The molecule has 5 nitrogen and oxygen atoms in total. The molecule has 0 spiro atoms. The first kappa shape index (κ1) is 14.6. The maximum atomic E-state index is 5.30. The quantitative estimate of drug-likeness (QED) is 0.447. The lowest BCUT2D eigenvalue weighted by Crippen LogP contribution is -2.13. The van der Waals surface area contributed by atoms with Crippen molar-refractivity contribution in [3.8, 4) is 18.1 Å². The zero-order valence-electron chi connectivity index (χ0n) is 11.2. The SMILES string of the molecule is C#CCOc1ccc(C(=N\OC)/C(C)=N/OC)cc1. The molecule has 0 heterocycles. The number of hydrogen-bond acceptors (Lipinski definition) is 5. The standard InChI is InChI=1S/C14H16N2O3/c1-5-10-19-13-8-6-12(7-9-13)14(16-18-4)11(2)15-17-3/h1,6-9H,10H2,2-4H3/b15-11+,16-14-. The summed E-state index contributed by atoms with van der Waals surface area (Å²) in [7, 11) is 2.95. The van der Waals surface area contributed by atoms with Crippen molar-refractivity contribution < 1.29 is 14.4 Å². The molecule has 0 amide bonds. The van der Waals surface area contributed by atoms with Crippen LogP contribution < -0.4 is 4.74 Å². The Bertz CT molecular complexity index is 498. The molecule has 0 aliphatic carbocycles. The number of nitrogens with zero attached hydrogens (tertiary/aromatic N) is 2. The molecule has 1 aromatic carbocycles. The Hall–Kier alpha value is -2.48. The van der Waals surface area contributed by atoms with E-state index in [0.29, 0.717) is 17.2 Å². The van der Waals surface area contributed by atoms with Crippen LogP contribution >= 0.6 is 0 Å². The summed E-state index contributed by atoms with van der Waals surface area (Å²) in [5.41, 5.74) is 2.04. The fraction of sp³-hybridized carbons (Fsp3) is 0.286. The van der Waals surface area contributed by atoms with Gasteiger partial charge < -0.3 is 14.4 Å². The van der Waals surface area contributed by atoms with Gasteiger partial charge in [-0.25, -0.2) is 0 Å². The minimum absolute atomic E-state index is 0.239. The van der Waals surface area contributed by atoms with Gasteiger partial charge in [0, 0.05) is 5.56 Å². The van der Waals surface area contributed by atoms with E-state index in [9.17, 15) is 0 Å². The van der Waals surface area contributed by atoms with Crippen molar-refractivity contribution in [1.29, 1.82) is 0 Å². The van der Waals surface area contributed by atoms with E-state index in [1.807, 2.05) is 12.1 Å². The number of hydrogen-bond donors (Lipinski definition) is 0. The summed E-state index contributed by atoms with van der Waals surface area (Å²) in [5.74, 6) is 3.10. The molecule has 0 radical (unpaired) electrons. The summed E-state index contributed by atoms with van der Waals surface area (Å²) in [6.07, 6.45) is 5.13. The van der Waals surface area contributed by atoms with Crippen molar-refractivity contribution in [1.82, 2.24) is 0 Å². The normalized spacial score (nSPS) is 11.7. The van der Waals surface area contributed by atoms with Gasteiger partial charge in [-0.1, -0.05) is 16.2 Å². The predicted molar refractivity (Wildman–Crippen MR) is 74.4 cm³/mol. The Morgan fingerprint density at radius 3 is 2.32 bits per heavy atom. The van der Waals surface area contributed by atoms with Gasteiger partial charge in [0.2, 0.25) is 0 Å². The van der Waals surface area contributed by atoms with Crippen LogP contribution in [-0.2, 0) is 9.68 Å². The largest absolute Gasteiger partial charge is 0.481 e. The predicted octanol–water partition coefficient (Wildman–Crippen LogP) is 2.07. The van der Waals surface area contributed by atoms with Gasteiger partial charge in [-0.3, -0.25) is 0 Å². The van der Waals surface area contributed by atoms with Crippen LogP contribution in [0, 0.1) is 12.3 Å². The highest BCUT2D eigenvalue weighted by Gasteiger charge is 2.09. The second kappa shape index (κ2) is 7.77. The molecule has 100 valence electrons. The third-order valence-corrected chi connectivity index (χ3v) is 2.20. The topological polar surface area (TPSA) is 52.4 Å². The lowest BCUT2D eigenvalue weighted by atomic mass is 10.1. The highest BCUT2D eigenvalue weighted by molar-refractivity contribution is 6.47. The lowest BCUT2D eigenvalue weighted by molar-refractivity contribution is 0.210. The van der Waals surface area contributed by atoms with Gasteiger partial charge in [0.15, 0.2) is 0 Å². The zero-order valence-corrected chi connectivity index (χ0v) is 11.2. The van der Waals surface area contributed by atoms with E-state index < -0.39 is 0 Å². The summed E-state index contributed by atoms with van der Waals surface area (Å²) < 4.78 is 5.30. The van der Waals surface area contributed by atoms with Gasteiger partial charge in [-0.15, -0.1) is 6.42 Å². The summed E-state index contributed by atoms with van der Waals surface area (Å²) >= 11 is 0. The van der Waals surface area contributed by atoms with Crippen LogP contribution in [0.1, 0.15) is 12.5 Å². The Morgan fingerprint density at radius 2 is 1.79 bits per heavy atom. The molecule has 0 atom stereocenters. The molecule has 0 unspecified atom stereocenters. The minimum Gasteiger partial charge on any atom is -0.481 e. The fourth-order valence-electron chi connectivity index (χ4n) is 1.43. The van der Waals surface area contributed by atoms with E-state index in [2.05, 4.69) is 16.2 Å². The van der Waals surface area contributed by atoms with Gasteiger partial charge in [0.25, 0.3) is 0 Å². The molecule has 0 bridgehead atoms. The summed E-state index contributed by atoms with van der Waals surface area (Å²) in [6, 6.07) is 7.30. The molecular formula is C14H16N2O3. The summed E-state index contributed by atoms with van der Waals surface area (Å²) in [4.78, 5) is 9.55. The van der Waals surface area contributed by atoms with Crippen LogP contribution in [-0.4, -0.2) is 32.2 Å². The molecule has 5 heteroatoms. The van der Waals surface area contributed by atoms with E-state index in [0.717, 1.165) is 5.56 Å². The van der Waals surface area contributed by atoms with Crippen molar-refractivity contribution in [3.63, 3.8) is 0 Å². The number of rotatable bonds is 6. The molecule has 0 N–H and O–H groups in total. The molecule has 0 aliphatic heterocycles. The van der Waals surface area contributed by atoms with Crippen LogP contribution in [0.4, 0.5) is 0 Å². The minimum atomic E-state index is 0.239. The lowest BCUT2D eigenvalue weighted by Gasteiger charge is -2.07. The second-order valence-corrected chi connectivity index (χ2v) is 3.50. The van der Waals surface area contributed by atoms with Crippen molar-refractivity contribution in [2.75, 3.05) is 20.8 Å². The molecule has 0 fully saturated rings. The molecule has 0 saturated heterocycles. The molecule has 1 rings (SSSR count). The Kier molecular flexibility index (Phi) is 5.96. The van der Waals surface area contributed by atoms with Gasteiger partial charge in [0.1, 0.15) is 38.0 Å². The summed E-state index contributed by atoms with van der Waals surface area (Å²) in [5, 5.41) is 7.78. The monoisotopic (exact) mass is 260 g/mol. The van der Waals surface area contributed by atoms with Crippen molar-refractivity contribution in [3.05, 3.63) is 29.8 Å².